The van der Waals surface area contributed by atoms with Crippen molar-refractivity contribution < 1.29 is 28.9 Å². The fourth-order valence-electron chi connectivity index (χ4n) is 2.58. The highest BCUT2D eigenvalue weighted by molar-refractivity contribution is 6.26. The average molecular weight is 411 g/mol. The van der Waals surface area contributed by atoms with E-state index in [2.05, 4.69) is 4.98 Å². The number of aliphatic hydroxyl groups is 1. The number of rotatable bonds is 6. The van der Waals surface area contributed by atoms with Gasteiger partial charge in [-0.3, -0.25) is 14.4 Å². The van der Waals surface area contributed by atoms with E-state index in [-0.39, 0.29) is 0 Å². The van der Waals surface area contributed by atoms with Crippen LogP contribution in [-0.4, -0.2) is 62.8 Å². The number of hydrogen-bond donors (Lipinski definition) is 2. The Balaban J connectivity index is 2.39. The summed E-state index contributed by atoms with van der Waals surface area (Å²) in [6, 6.07) is 1.06. The molecule has 0 spiro atoms. The topological polar surface area (TPSA) is 137 Å². The van der Waals surface area contributed by atoms with Crippen LogP contribution in [0.15, 0.2) is 21.9 Å². The fraction of sp³-hybridized carbons (Fsp3) is 0.571. The molecule has 1 aromatic heterocycles. The highest BCUT2D eigenvalue weighted by Crippen LogP contribution is 2.39. The molecule has 2 heterocycles. The monoisotopic (exact) mass is 410 g/mol. The lowest BCUT2D eigenvalue weighted by Crippen LogP contribution is -2.51. The van der Waals surface area contributed by atoms with Crippen LogP contribution in [0, 0.1) is 0 Å². The van der Waals surface area contributed by atoms with Gasteiger partial charge in [0.2, 0.25) is 0 Å². The van der Waals surface area contributed by atoms with Crippen LogP contribution >= 0.6 is 23.2 Å². The van der Waals surface area contributed by atoms with Gasteiger partial charge < -0.3 is 24.3 Å². The molecule has 4 atom stereocenters. The Hall–Kier alpha value is -1.88. The lowest BCUT2D eigenvalue weighted by atomic mass is 9.96. The first-order valence-electron chi connectivity index (χ1n) is 7.37. The maximum absolute atomic E-state index is 12.0. The van der Waals surface area contributed by atoms with E-state index < -0.39 is 65.6 Å². The summed E-state index contributed by atoms with van der Waals surface area (Å²) in [7, 11) is 0. The Morgan fingerprint density at radius 3 is 2.58 bits per heavy atom. The summed E-state index contributed by atoms with van der Waals surface area (Å²) in [6.07, 6.45) is -2.91. The predicted octanol–water partition coefficient (Wildman–Crippen LogP) is -0.882. The summed E-state index contributed by atoms with van der Waals surface area (Å²) < 4.78 is 16.1. The molecule has 0 aromatic carbocycles. The van der Waals surface area contributed by atoms with Crippen molar-refractivity contribution in [3.05, 3.63) is 33.1 Å². The quantitative estimate of drug-likeness (QED) is 0.455. The number of esters is 2. The molecule has 144 valence electrons. The number of aromatic amines is 1. The van der Waals surface area contributed by atoms with Gasteiger partial charge in [0.25, 0.3) is 5.56 Å². The molecule has 1 aliphatic rings. The number of H-pyrrole nitrogens is 1. The Bertz CT molecular complexity index is 761. The van der Waals surface area contributed by atoms with Crippen LogP contribution in [0.4, 0.5) is 0 Å². The molecule has 1 aromatic rings. The summed E-state index contributed by atoms with van der Waals surface area (Å²) in [4.78, 5) is 49.2. The van der Waals surface area contributed by atoms with Crippen molar-refractivity contribution in [3.8, 4) is 0 Å². The second kappa shape index (κ2) is 8.21. The van der Waals surface area contributed by atoms with Crippen LogP contribution in [-0.2, 0) is 23.8 Å². The zero-order valence-electron chi connectivity index (χ0n) is 13.5. The molecule has 2 N–H and O–H groups in total. The van der Waals surface area contributed by atoms with E-state index in [1.807, 2.05) is 0 Å². The molecule has 0 radical (unpaired) electrons. The Morgan fingerprint density at radius 1 is 1.35 bits per heavy atom. The molecule has 0 amide bonds. The first kappa shape index (κ1) is 20.4. The highest BCUT2D eigenvalue weighted by atomic mass is 35.5. The van der Waals surface area contributed by atoms with Gasteiger partial charge in [-0.15, -0.1) is 23.2 Å². The number of carbonyl (C=O) groups is 2. The van der Waals surface area contributed by atoms with Crippen molar-refractivity contribution in [2.45, 2.75) is 31.0 Å². The summed E-state index contributed by atoms with van der Waals surface area (Å²) in [5.41, 5.74) is -3.60. The second-order valence-electron chi connectivity index (χ2n) is 5.60. The number of nitrogens with one attached hydrogen (secondary N) is 1. The van der Waals surface area contributed by atoms with Gasteiger partial charge in [-0.2, -0.15) is 0 Å². The highest BCUT2D eigenvalue weighted by Gasteiger charge is 2.57. The van der Waals surface area contributed by atoms with Gasteiger partial charge in [0, 0.05) is 12.3 Å². The average Bonchev–Trinajstić information content (AvgIpc) is 2.83. The summed E-state index contributed by atoms with van der Waals surface area (Å²) in [6.45, 7) is 0.782. The lowest BCUT2D eigenvalue weighted by Gasteiger charge is -2.29. The second-order valence-corrected chi connectivity index (χ2v) is 6.14. The molecule has 1 aliphatic heterocycles. The smallest absolute Gasteiger partial charge is 0.330 e. The van der Waals surface area contributed by atoms with Crippen molar-refractivity contribution in [1.82, 2.24) is 9.55 Å². The van der Waals surface area contributed by atoms with Crippen molar-refractivity contribution >= 4 is 35.1 Å². The van der Waals surface area contributed by atoms with E-state index >= 15 is 0 Å². The van der Waals surface area contributed by atoms with Gasteiger partial charge in [0.1, 0.15) is 30.1 Å². The summed E-state index contributed by atoms with van der Waals surface area (Å²) in [5.74, 6) is -2.56. The van der Waals surface area contributed by atoms with Crippen molar-refractivity contribution in [2.75, 3.05) is 18.4 Å². The number of carbonyl (C=O) groups excluding carboxylic acids is 2. The number of nitrogens with zero attached hydrogens (tertiary/aromatic N) is 1. The van der Waals surface area contributed by atoms with Crippen LogP contribution in [0.5, 0.6) is 0 Å². The molecule has 2 rings (SSSR count). The third-order valence-electron chi connectivity index (χ3n) is 3.73. The van der Waals surface area contributed by atoms with Gasteiger partial charge in [0.15, 0.2) is 12.3 Å². The van der Waals surface area contributed by atoms with Crippen LogP contribution in [0.1, 0.15) is 13.2 Å². The Kier molecular flexibility index (Phi) is 6.45. The molecular weight excluding hydrogens is 395 g/mol. The van der Waals surface area contributed by atoms with Gasteiger partial charge >= 0.3 is 17.6 Å². The molecule has 0 aliphatic carbocycles. The molecule has 26 heavy (non-hydrogen) atoms. The number of ether oxygens (including phenoxy) is 3. The van der Waals surface area contributed by atoms with Gasteiger partial charge in [-0.25, -0.2) is 9.36 Å². The minimum atomic E-state index is -2.00. The number of aromatic nitrogens is 2. The Labute approximate surface area is 156 Å². The minimum absolute atomic E-state index is 0.420. The van der Waals surface area contributed by atoms with Crippen molar-refractivity contribution in [1.29, 1.82) is 0 Å². The summed E-state index contributed by atoms with van der Waals surface area (Å²) in [5, 5.41) is 10.8. The van der Waals surface area contributed by atoms with E-state index in [4.69, 9.17) is 37.4 Å². The molecule has 0 bridgehead atoms. The zero-order valence-corrected chi connectivity index (χ0v) is 15.0. The SMILES string of the molecule is C[C@]1(O)[C@H](OC(=O)CCl)[C@@H](COC(=O)CCl)O[C@H]1n1c(=O)cc[nH]c1=O. The van der Waals surface area contributed by atoms with E-state index in [1.165, 1.54) is 6.92 Å². The van der Waals surface area contributed by atoms with Gasteiger partial charge in [-0.1, -0.05) is 0 Å². The molecule has 1 fully saturated rings. The number of hydrogen-bond acceptors (Lipinski definition) is 8. The molecule has 10 nitrogen and oxygen atoms in total. The zero-order chi connectivity index (χ0) is 19.5. The molecule has 0 unspecified atom stereocenters. The Morgan fingerprint density at radius 2 is 2.00 bits per heavy atom. The fourth-order valence-corrected chi connectivity index (χ4v) is 2.72. The first-order chi connectivity index (χ1) is 12.2. The van der Waals surface area contributed by atoms with Crippen LogP contribution in [0.2, 0.25) is 0 Å². The maximum Gasteiger partial charge on any atom is 0.330 e. The van der Waals surface area contributed by atoms with Crippen molar-refractivity contribution in [2.24, 2.45) is 0 Å². The number of halogens is 2. The van der Waals surface area contributed by atoms with E-state index in [0.29, 0.717) is 4.57 Å². The van der Waals surface area contributed by atoms with E-state index in [0.717, 1.165) is 12.3 Å². The predicted molar refractivity (Wildman–Crippen MR) is 88.1 cm³/mol. The number of alkyl halides is 2. The minimum Gasteiger partial charge on any atom is -0.462 e. The van der Waals surface area contributed by atoms with E-state index in [1.54, 1.807) is 0 Å². The van der Waals surface area contributed by atoms with Crippen LogP contribution < -0.4 is 11.2 Å². The standard InChI is InChI=1S/C14H16Cl2N2O8/c1-14(23)11(26-10(21)5-16)7(6-24-9(20)4-15)25-12(14)18-8(19)2-3-17-13(18)22/h2-3,7,11-12,23H,4-6H2,1H3,(H,17,22)/t7-,11-,12-,14+/m1/s1. The maximum atomic E-state index is 12.0. The normalized spacial score (nSPS) is 27.9. The summed E-state index contributed by atoms with van der Waals surface area (Å²) >= 11 is 10.8. The van der Waals surface area contributed by atoms with Crippen LogP contribution in [0.25, 0.3) is 0 Å². The van der Waals surface area contributed by atoms with Crippen LogP contribution in [0.3, 0.4) is 0 Å². The molecular formula is C14H16Cl2N2O8. The van der Waals surface area contributed by atoms with Gasteiger partial charge in [0.05, 0.1) is 0 Å². The lowest BCUT2D eigenvalue weighted by molar-refractivity contribution is -0.162. The molecule has 12 heteroatoms. The third-order valence-corrected chi connectivity index (χ3v) is 4.16. The first-order valence-corrected chi connectivity index (χ1v) is 8.44. The van der Waals surface area contributed by atoms with Gasteiger partial charge in [-0.05, 0) is 6.92 Å². The third kappa shape index (κ3) is 4.09. The molecule has 0 saturated carbocycles. The molecule has 1 saturated heterocycles. The largest absolute Gasteiger partial charge is 0.462 e. The van der Waals surface area contributed by atoms with Crippen molar-refractivity contribution in [3.63, 3.8) is 0 Å². The van der Waals surface area contributed by atoms with E-state index in [9.17, 15) is 24.3 Å².